The number of sulfonamides is 1. The van der Waals surface area contributed by atoms with Crippen LogP contribution in [0.4, 0.5) is 0 Å². The Morgan fingerprint density at radius 2 is 2.24 bits per heavy atom. The van der Waals surface area contributed by atoms with Gasteiger partial charge in [0.1, 0.15) is 5.56 Å². The third-order valence-corrected chi connectivity index (χ3v) is 5.16. The molecular formula is C12H17N3O5S. The number of amides is 1. The molecule has 9 heteroatoms. The fourth-order valence-electron chi connectivity index (χ4n) is 2.22. The number of aromatic nitrogens is 1. The first-order valence-electron chi connectivity index (χ1n) is 6.37. The first-order valence-corrected chi connectivity index (χ1v) is 7.97. The number of carbonyl (C=O) groups is 1. The molecule has 0 spiro atoms. The van der Waals surface area contributed by atoms with Crippen LogP contribution in [0.1, 0.15) is 21.6 Å². The van der Waals surface area contributed by atoms with Crippen LogP contribution in [-0.2, 0) is 27.7 Å². The highest BCUT2D eigenvalue weighted by molar-refractivity contribution is 7.89. The molecule has 1 aliphatic heterocycles. The molecule has 8 nitrogen and oxygen atoms in total. The second-order valence-corrected chi connectivity index (χ2v) is 6.86. The molecule has 1 amide bonds. The van der Waals surface area contributed by atoms with Gasteiger partial charge < -0.3 is 15.5 Å². The van der Waals surface area contributed by atoms with Crippen molar-refractivity contribution in [1.82, 2.24) is 9.29 Å². The number of nitrogens with two attached hydrogens (primary N) is 1. The lowest BCUT2D eigenvalue weighted by Crippen LogP contribution is -2.39. The van der Waals surface area contributed by atoms with E-state index in [1.807, 2.05) is 0 Å². The molecule has 2 heterocycles. The lowest BCUT2D eigenvalue weighted by atomic mass is 10.0. The van der Waals surface area contributed by atoms with Crippen LogP contribution in [0.5, 0.6) is 0 Å². The van der Waals surface area contributed by atoms with Crippen molar-refractivity contribution in [2.24, 2.45) is 5.73 Å². The number of carbonyl (C=O) groups excluding carboxylic acids is 1. The molecule has 0 bridgehead atoms. The first kappa shape index (κ1) is 15.7. The van der Waals surface area contributed by atoms with Gasteiger partial charge in [0.15, 0.2) is 0 Å². The third-order valence-electron chi connectivity index (χ3n) is 3.38. The lowest BCUT2D eigenvalue weighted by Gasteiger charge is -2.27. The maximum atomic E-state index is 12.1. The Hall–Kier alpha value is -1.71. The highest BCUT2D eigenvalue weighted by Gasteiger charge is 2.27. The molecule has 3 N–H and O–H groups in total. The predicted molar refractivity (Wildman–Crippen MR) is 75.4 cm³/mol. The SMILES string of the molecule is COCCS(=O)(=O)N1CCc2[nH]c(=O)c(C(N)=O)cc2C1. The standard InChI is InChI=1S/C12H17N3O5S/c1-20-4-5-21(18,19)15-3-2-10-8(7-15)6-9(11(13)16)12(17)14-10/h6H,2-5,7H2,1H3,(H2,13,16)(H,14,17). The summed E-state index contributed by atoms with van der Waals surface area (Å²) in [5.74, 6) is -0.941. The van der Waals surface area contributed by atoms with Crippen LogP contribution in [0.2, 0.25) is 0 Å². The topological polar surface area (TPSA) is 123 Å². The smallest absolute Gasteiger partial charge is 0.261 e. The van der Waals surface area contributed by atoms with Gasteiger partial charge in [-0.1, -0.05) is 0 Å². The van der Waals surface area contributed by atoms with Crippen LogP contribution in [0.3, 0.4) is 0 Å². The summed E-state index contributed by atoms with van der Waals surface area (Å²) in [4.78, 5) is 25.4. The van der Waals surface area contributed by atoms with Gasteiger partial charge in [-0.15, -0.1) is 0 Å². The van der Waals surface area contributed by atoms with E-state index in [0.717, 1.165) is 0 Å². The van der Waals surface area contributed by atoms with Crippen LogP contribution in [0.15, 0.2) is 10.9 Å². The maximum absolute atomic E-state index is 12.1. The maximum Gasteiger partial charge on any atom is 0.261 e. The predicted octanol–water partition coefficient (Wildman–Crippen LogP) is -1.19. The minimum atomic E-state index is -3.43. The average molecular weight is 315 g/mol. The molecule has 0 atom stereocenters. The molecule has 1 aliphatic rings. The molecular weight excluding hydrogens is 298 g/mol. The normalized spacial score (nSPS) is 15.7. The van der Waals surface area contributed by atoms with Gasteiger partial charge in [-0.05, 0) is 11.6 Å². The molecule has 0 aromatic carbocycles. The van der Waals surface area contributed by atoms with Crippen LogP contribution >= 0.6 is 0 Å². The van der Waals surface area contributed by atoms with E-state index in [4.69, 9.17) is 10.5 Å². The number of rotatable bonds is 5. The minimum absolute atomic E-state index is 0.106. The van der Waals surface area contributed by atoms with Gasteiger partial charge >= 0.3 is 0 Å². The highest BCUT2D eigenvalue weighted by Crippen LogP contribution is 2.19. The van der Waals surface area contributed by atoms with Gasteiger partial charge in [0.05, 0.1) is 12.4 Å². The van der Waals surface area contributed by atoms with Gasteiger partial charge in [-0.3, -0.25) is 9.59 Å². The van der Waals surface area contributed by atoms with Crippen molar-refractivity contribution >= 4 is 15.9 Å². The van der Waals surface area contributed by atoms with E-state index >= 15 is 0 Å². The van der Waals surface area contributed by atoms with E-state index in [9.17, 15) is 18.0 Å². The molecule has 0 radical (unpaired) electrons. The van der Waals surface area contributed by atoms with Gasteiger partial charge in [0.25, 0.3) is 11.5 Å². The van der Waals surface area contributed by atoms with E-state index < -0.39 is 21.5 Å². The summed E-state index contributed by atoms with van der Waals surface area (Å²) in [6.07, 6.45) is 0.385. The summed E-state index contributed by atoms with van der Waals surface area (Å²) in [5, 5.41) is 0. The Balaban J connectivity index is 2.30. The van der Waals surface area contributed by atoms with Gasteiger partial charge in [0.2, 0.25) is 10.0 Å². The lowest BCUT2D eigenvalue weighted by molar-refractivity contribution is 0.0998. The van der Waals surface area contributed by atoms with E-state index in [1.54, 1.807) is 0 Å². The van der Waals surface area contributed by atoms with Crippen LogP contribution in [-0.4, -0.2) is 49.6 Å². The minimum Gasteiger partial charge on any atom is -0.384 e. The fraction of sp³-hybridized carbons (Fsp3) is 0.500. The Labute approximate surface area is 121 Å². The molecule has 21 heavy (non-hydrogen) atoms. The summed E-state index contributed by atoms with van der Waals surface area (Å²) in [6, 6.07) is 1.37. The second-order valence-electron chi connectivity index (χ2n) is 4.77. The van der Waals surface area contributed by atoms with Crippen molar-refractivity contribution in [3.63, 3.8) is 0 Å². The van der Waals surface area contributed by atoms with E-state index in [-0.39, 0.29) is 31.0 Å². The average Bonchev–Trinajstić information content (AvgIpc) is 2.43. The fourth-order valence-corrected chi connectivity index (χ4v) is 3.56. The van der Waals surface area contributed by atoms with Crippen molar-refractivity contribution in [1.29, 1.82) is 0 Å². The van der Waals surface area contributed by atoms with Crippen molar-refractivity contribution in [2.75, 3.05) is 26.0 Å². The molecule has 0 fully saturated rings. The largest absolute Gasteiger partial charge is 0.384 e. The summed E-state index contributed by atoms with van der Waals surface area (Å²) in [6.45, 7) is 0.507. The number of hydrogen-bond acceptors (Lipinski definition) is 5. The van der Waals surface area contributed by atoms with Crippen molar-refractivity contribution in [2.45, 2.75) is 13.0 Å². The number of aromatic amines is 1. The Morgan fingerprint density at radius 1 is 1.52 bits per heavy atom. The Kier molecular flexibility index (Phi) is 4.45. The summed E-state index contributed by atoms with van der Waals surface area (Å²) >= 11 is 0. The molecule has 0 unspecified atom stereocenters. The van der Waals surface area contributed by atoms with E-state index in [0.29, 0.717) is 17.7 Å². The van der Waals surface area contributed by atoms with E-state index in [2.05, 4.69) is 4.98 Å². The molecule has 1 aromatic rings. The second kappa shape index (κ2) is 5.96. The molecule has 0 aliphatic carbocycles. The van der Waals surface area contributed by atoms with Gasteiger partial charge in [-0.25, -0.2) is 8.42 Å². The zero-order valence-corrected chi connectivity index (χ0v) is 12.4. The van der Waals surface area contributed by atoms with Crippen molar-refractivity contribution < 1.29 is 17.9 Å². The monoisotopic (exact) mass is 315 g/mol. The number of H-pyrrole nitrogens is 1. The summed E-state index contributed by atoms with van der Waals surface area (Å²) in [5.41, 5.74) is 5.65. The third kappa shape index (κ3) is 3.31. The highest BCUT2D eigenvalue weighted by atomic mass is 32.2. The number of nitrogens with zero attached hydrogens (tertiary/aromatic N) is 1. The molecule has 2 rings (SSSR count). The number of primary amides is 1. The summed E-state index contributed by atoms with van der Waals surface area (Å²) in [7, 11) is -2.00. The molecule has 116 valence electrons. The Morgan fingerprint density at radius 3 is 2.86 bits per heavy atom. The molecule has 1 aromatic heterocycles. The number of fused-ring (bicyclic) bond motifs is 1. The number of hydrogen-bond donors (Lipinski definition) is 2. The zero-order valence-electron chi connectivity index (χ0n) is 11.6. The number of nitrogens with one attached hydrogen (secondary N) is 1. The quantitative estimate of drug-likeness (QED) is 0.707. The molecule has 0 saturated heterocycles. The van der Waals surface area contributed by atoms with Crippen LogP contribution in [0, 0.1) is 0 Å². The zero-order chi connectivity index (χ0) is 15.6. The number of pyridine rings is 1. The molecule has 0 saturated carbocycles. The van der Waals surface area contributed by atoms with Crippen LogP contribution in [0.25, 0.3) is 0 Å². The summed E-state index contributed by atoms with van der Waals surface area (Å²) < 4.78 is 30.4. The van der Waals surface area contributed by atoms with Crippen LogP contribution < -0.4 is 11.3 Å². The van der Waals surface area contributed by atoms with Crippen molar-refractivity contribution in [3.8, 4) is 0 Å². The number of methoxy groups -OCH3 is 1. The number of ether oxygens (including phenoxy) is 1. The van der Waals surface area contributed by atoms with Gasteiger partial charge in [-0.2, -0.15) is 4.31 Å². The van der Waals surface area contributed by atoms with Crippen molar-refractivity contribution in [3.05, 3.63) is 33.2 Å². The van der Waals surface area contributed by atoms with E-state index in [1.165, 1.54) is 17.5 Å². The Bertz CT molecular complexity index is 710. The van der Waals surface area contributed by atoms with Gasteiger partial charge in [0, 0.05) is 32.3 Å². The first-order chi connectivity index (χ1) is 9.85.